The van der Waals surface area contributed by atoms with Crippen molar-refractivity contribution in [1.29, 1.82) is 0 Å². The van der Waals surface area contributed by atoms with E-state index in [-0.39, 0.29) is 6.03 Å². The molecule has 0 aliphatic carbocycles. The molecule has 5 heteroatoms. The van der Waals surface area contributed by atoms with Crippen LogP contribution in [0.5, 0.6) is 5.75 Å². The van der Waals surface area contributed by atoms with Gasteiger partial charge in [-0.05, 0) is 35.9 Å². The summed E-state index contributed by atoms with van der Waals surface area (Å²) in [6, 6.07) is 10.8. The molecule has 5 nitrogen and oxygen atoms in total. The van der Waals surface area contributed by atoms with Crippen LogP contribution in [0.15, 0.2) is 53.3 Å². The summed E-state index contributed by atoms with van der Waals surface area (Å²) in [6.45, 7) is 0.356. The fourth-order valence-corrected chi connectivity index (χ4v) is 1.56. The number of nitrogens with one attached hydrogen (secondary N) is 2. The molecule has 0 radical (unpaired) electrons. The predicted octanol–water partition coefficient (Wildman–Crippen LogP) is 2.76. The first-order valence-electron chi connectivity index (χ1n) is 6.15. The molecular weight excluding hydrogens is 256 g/mol. The molecule has 1 aromatic carbocycles. The SMILES string of the molecule is COc1ccc(/C=C/NC(=O)NCc2ccco2)cc1. The fraction of sp³-hybridized carbons (Fsp3) is 0.133. The normalized spacial score (nSPS) is 10.4. The second kappa shape index (κ2) is 7.04. The van der Waals surface area contributed by atoms with Crippen LogP contribution in [-0.4, -0.2) is 13.1 Å². The Kier molecular flexibility index (Phi) is 4.83. The van der Waals surface area contributed by atoms with Crippen molar-refractivity contribution >= 4 is 12.1 Å². The van der Waals surface area contributed by atoms with E-state index in [0.717, 1.165) is 11.3 Å². The quantitative estimate of drug-likeness (QED) is 0.879. The van der Waals surface area contributed by atoms with Gasteiger partial charge >= 0.3 is 6.03 Å². The number of carbonyl (C=O) groups is 1. The van der Waals surface area contributed by atoms with Gasteiger partial charge in [-0.2, -0.15) is 0 Å². The van der Waals surface area contributed by atoms with Gasteiger partial charge in [-0.15, -0.1) is 0 Å². The lowest BCUT2D eigenvalue weighted by Gasteiger charge is -2.02. The largest absolute Gasteiger partial charge is 0.497 e. The van der Waals surface area contributed by atoms with E-state index in [9.17, 15) is 4.79 Å². The zero-order valence-electron chi connectivity index (χ0n) is 11.1. The van der Waals surface area contributed by atoms with Crippen LogP contribution in [-0.2, 0) is 6.54 Å². The first kappa shape index (κ1) is 13.7. The summed E-state index contributed by atoms with van der Waals surface area (Å²) >= 11 is 0. The number of ether oxygens (including phenoxy) is 1. The van der Waals surface area contributed by atoms with Crippen LogP contribution in [0.2, 0.25) is 0 Å². The van der Waals surface area contributed by atoms with Gasteiger partial charge in [0.15, 0.2) is 0 Å². The van der Waals surface area contributed by atoms with E-state index in [4.69, 9.17) is 9.15 Å². The first-order valence-corrected chi connectivity index (χ1v) is 6.15. The highest BCUT2D eigenvalue weighted by molar-refractivity contribution is 5.75. The first-order chi connectivity index (χ1) is 9.78. The summed E-state index contributed by atoms with van der Waals surface area (Å²) in [5.74, 6) is 1.51. The number of carbonyl (C=O) groups excluding carboxylic acids is 1. The van der Waals surface area contributed by atoms with E-state index in [1.807, 2.05) is 24.3 Å². The van der Waals surface area contributed by atoms with Crippen LogP contribution in [0.1, 0.15) is 11.3 Å². The average Bonchev–Trinajstić information content (AvgIpc) is 2.99. The van der Waals surface area contributed by atoms with Crippen molar-refractivity contribution in [2.45, 2.75) is 6.54 Å². The zero-order chi connectivity index (χ0) is 14.2. The number of benzene rings is 1. The number of methoxy groups -OCH3 is 1. The molecule has 2 rings (SSSR count). The number of rotatable bonds is 5. The molecule has 1 heterocycles. The maximum atomic E-state index is 11.5. The van der Waals surface area contributed by atoms with Gasteiger partial charge in [0.25, 0.3) is 0 Å². The van der Waals surface area contributed by atoms with Crippen molar-refractivity contribution in [2.24, 2.45) is 0 Å². The minimum atomic E-state index is -0.286. The number of hydrogen-bond donors (Lipinski definition) is 2. The van der Waals surface area contributed by atoms with Crippen LogP contribution < -0.4 is 15.4 Å². The lowest BCUT2D eigenvalue weighted by Crippen LogP contribution is -2.31. The van der Waals surface area contributed by atoms with Crippen molar-refractivity contribution in [3.63, 3.8) is 0 Å². The Bertz CT molecular complexity index is 559. The van der Waals surface area contributed by atoms with E-state index < -0.39 is 0 Å². The smallest absolute Gasteiger partial charge is 0.319 e. The maximum absolute atomic E-state index is 11.5. The Morgan fingerprint density at radius 1 is 1.30 bits per heavy atom. The van der Waals surface area contributed by atoms with Crippen LogP contribution in [0.25, 0.3) is 6.08 Å². The van der Waals surface area contributed by atoms with E-state index in [1.54, 1.807) is 37.8 Å². The van der Waals surface area contributed by atoms with Crippen LogP contribution >= 0.6 is 0 Å². The molecule has 0 aliphatic rings. The van der Waals surface area contributed by atoms with Crippen LogP contribution in [0, 0.1) is 0 Å². The maximum Gasteiger partial charge on any atom is 0.319 e. The highest BCUT2D eigenvalue weighted by atomic mass is 16.5. The van der Waals surface area contributed by atoms with Crippen LogP contribution in [0.3, 0.4) is 0 Å². The molecule has 0 saturated heterocycles. The third-order valence-corrected chi connectivity index (χ3v) is 2.61. The Labute approximate surface area is 117 Å². The van der Waals surface area contributed by atoms with E-state index in [1.165, 1.54) is 0 Å². The second-order valence-electron chi connectivity index (χ2n) is 4.01. The summed E-state index contributed by atoms with van der Waals surface area (Å²) in [6.07, 6.45) is 4.95. The second-order valence-corrected chi connectivity index (χ2v) is 4.01. The van der Waals surface area contributed by atoms with Gasteiger partial charge in [-0.3, -0.25) is 0 Å². The summed E-state index contributed by atoms with van der Waals surface area (Å²) in [7, 11) is 1.62. The van der Waals surface area contributed by atoms with E-state index >= 15 is 0 Å². The van der Waals surface area contributed by atoms with Crippen molar-refractivity contribution in [3.05, 3.63) is 60.2 Å². The van der Waals surface area contributed by atoms with Crippen molar-refractivity contribution < 1.29 is 13.9 Å². The molecule has 104 valence electrons. The van der Waals surface area contributed by atoms with Gasteiger partial charge in [0.05, 0.1) is 19.9 Å². The minimum absolute atomic E-state index is 0.286. The molecule has 0 bridgehead atoms. The molecular formula is C15H16N2O3. The summed E-state index contributed by atoms with van der Waals surface area (Å²) in [5, 5.41) is 5.29. The summed E-state index contributed by atoms with van der Waals surface area (Å²) < 4.78 is 10.2. The molecule has 2 amide bonds. The van der Waals surface area contributed by atoms with Gasteiger partial charge in [0.2, 0.25) is 0 Å². The molecule has 0 fully saturated rings. The van der Waals surface area contributed by atoms with E-state index in [2.05, 4.69) is 10.6 Å². The third kappa shape index (κ3) is 4.20. The number of amides is 2. The third-order valence-electron chi connectivity index (χ3n) is 2.61. The topological polar surface area (TPSA) is 63.5 Å². The number of furan rings is 1. The van der Waals surface area contributed by atoms with Crippen molar-refractivity contribution in [3.8, 4) is 5.75 Å². The monoisotopic (exact) mass is 272 g/mol. The number of urea groups is 1. The molecule has 20 heavy (non-hydrogen) atoms. The Balaban J connectivity index is 1.75. The van der Waals surface area contributed by atoms with Gasteiger partial charge < -0.3 is 19.8 Å². The highest BCUT2D eigenvalue weighted by Crippen LogP contribution is 2.11. The molecule has 0 unspecified atom stereocenters. The zero-order valence-corrected chi connectivity index (χ0v) is 11.1. The standard InChI is InChI=1S/C15H16N2O3/c1-19-13-6-4-12(5-7-13)8-9-16-15(18)17-11-14-3-2-10-20-14/h2-10H,11H2,1H3,(H2,16,17,18)/b9-8+. The summed E-state index contributed by atoms with van der Waals surface area (Å²) in [4.78, 5) is 11.5. The Hall–Kier alpha value is -2.69. The Morgan fingerprint density at radius 2 is 2.10 bits per heavy atom. The molecule has 1 aromatic heterocycles. The predicted molar refractivity (Wildman–Crippen MR) is 76.1 cm³/mol. The highest BCUT2D eigenvalue weighted by Gasteiger charge is 1.99. The summed E-state index contributed by atoms with van der Waals surface area (Å²) in [5.41, 5.74) is 0.970. The molecule has 0 aliphatic heterocycles. The average molecular weight is 272 g/mol. The molecule has 2 aromatic rings. The molecule has 0 atom stereocenters. The fourth-order valence-electron chi connectivity index (χ4n) is 1.56. The number of hydrogen-bond acceptors (Lipinski definition) is 3. The molecule has 0 saturated carbocycles. The van der Waals surface area contributed by atoms with Crippen LogP contribution in [0.4, 0.5) is 4.79 Å². The van der Waals surface area contributed by atoms with Gasteiger partial charge in [0, 0.05) is 6.20 Å². The Morgan fingerprint density at radius 3 is 2.75 bits per heavy atom. The molecule has 0 spiro atoms. The van der Waals surface area contributed by atoms with Gasteiger partial charge in [-0.1, -0.05) is 12.1 Å². The molecule has 2 N–H and O–H groups in total. The lowest BCUT2D eigenvalue weighted by molar-refractivity contribution is 0.243. The van der Waals surface area contributed by atoms with Gasteiger partial charge in [0.1, 0.15) is 11.5 Å². The lowest BCUT2D eigenvalue weighted by atomic mass is 10.2. The van der Waals surface area contributed by atoms with Crippen molar-refractivity contribution in [2.75, 3.05) is 7.11 Å². The van der Waals surface area contributed by atoms with Gasteiger partial charge in [-0.25, -0.2) is 4.79 Å². The van der Waals surface area contributed by atoms with Crippen molar-refractivity contribution in [1.82, 2.24) is 10.6 Å². The van der Waals surface area contributed by atoms with E-state index in [0.29, 0.717) is 12.3 Å². The minimum Gasteiger partial charge on any atom is -0.497 e.